The van der Waals surface area contributed by atoms with Crippen LogP contribution in [0.4, 0.5) is 0 Å². The Morgan fingerprint density at radius 3 is 2.60 bits per heavy atom. The van der Waals surface area contributed by atoms with E-state index in [0.717, 1.165) is 5.56 Å². The van der Waals surface area contributed by atoms with Gasteiger partial charge in [0.1, 0.15) is 0 Å². The second kappa shape index (κ2) is 6.14. The number of carbonyl (C=O) groups is 2. The fourth-order valence-electron chi connectivity index (χ4n) is 1.82. The van der Waals surface area contributed by atoms with Gasteiger partial charge in [-0.2, -0.15) is 0 Å². The summed E-state index contributed by atoms with van der Waals surface area (Å²) < 4.78 is 6.35. The number of nitrogens with zero attached hydrogens (tertiary/aromatic N) is 2. The van der Waals surface area contributed by atoms with Gasteiger partial charge in [-0.25, -0.2) is 9.78 Å². The lowest BCUT2D eigenvalue weighted by Crippen LogP contribution is -2.22. The minimum Gasteiger partial charge on any atom is -0.460 e. The molecule has 5 heteroatoms. The number of hydrogen-bond donors (Lipinski definition) is 0. The van der Waals surface area contributed by atoms with Gasteiger partial charge >= 0.3 is 11.8 Å². The molecule has 0 spiro atoms. The predicted octanol–water partition coefficient (Wildman–Crippen LogP) is 1.99. The fraction of sp³-hybridized carbons (Fsp3) is 0.267. The molecule has 2 aromatic rings. The van der Waals surface area contributed by atoms with E-state index in [9.17, 15) is 9.59 Å². The van der Waals surface area contributed by atoms with Crippen LogP contribution in [-0.4, -0.2) is 27.9 Å². The third kappa shape index (κ3) is 3.12. The zero-order valence-corrected chi connectivity index (χ0v) is 11.5. The molecule has 0 saturated carbocycles. The van der Waals surface area contributed by atoms with Crippen molar-refractivity contribution in [2.24, 2.45) is 0 Å². The van der Waals surface area contributed by atoms with E-state index in [4.69, 9.17) is 4.74 Å². The highest BCUT2D eigenvalue weighted by atomic mass is 16.5. The molecule has 0 aliphatic carbocycles. The summed E-state index contributed by atoms with van der Waals surface area (Å²) in [6.45, 7) is 4.32. The first-order valence-electron chi connectivity index (χ1n) is 6.40. The first-order valence-corrected chi connectivity index (χ1v) is 6.40. The Morgan fingerprint density at radius 2 is 1.95 bits per heavy atom. The van der Waals surface area contributed by atoms with Gasteiger partial charge in [0, 0.05) is 18.9 Å². The Hall–Kier alpha value is -2.43. The quantitative estimate of drug-likeness (QED) is 0.474. The van der Waals surface area contributed by atoms with Crippen LogP contribution in [0.15, 0.2) is 36.7 Å². The van der Waals surface area contributed by atoms with Crippen LogP contribution >= 0.6 is 0 Å². The van der Waals surface area contributed by atoms with Crippen molar-refractivity contribution < 1.29 is 14.3 Å². The molecule has 0 radical (unpaired) electrons. The van der Waals surface area contributed by atoms with Crippen LogP contribution in [0.2, 0.25) is 0 Å². The van der Waals surface area contributed by atoms with Crippen LogP contribution in [0.25, 0.3) is 0 Å². The number of benzene rings is 1. The normalized spacial score (nSPS) is 10.3. The summed E-state index contributed by atoms with van der Waals surface area (Å²) >= 11 is 0. The molecular formula is C15H16N2O3. The largest absolute Gasteiger partial charge is 0.460 e. The van der Waals surface area contributed by atoms with Crippen LogP contribution in [0.1, 0.15) is 28.7 Å². The van der Waals surface area contributed by atoms with Gasteiger partial charge < -0.3 is 9.30 Å². The molecule has 0 saturated heterocycles. The molecule has 0 bridgehead atoms. The number of ketones is 1. The highest BCUT2D eigenvalue weighted by molar-refractivity contribution is 6.39. The molecule has 0 aliphatic rings. The highest BCUT2D eigenvalue weighted by Crippen LogP contribution is 2.08. The number of carbonyl (C=O) groups excluding carboxylic acids is 2. The fourth-order valence-corrected chi connectivity index (χ4v) is 1.82. The molecule has 104 valence electrons. The molecule has 1 aromatic carbocycles. The number of ether oxygens (including phenoxy) is 1. The van der Waals surface area contributed by atoms with E-state index in [1.165, 1.54) is 11.8 Å². The maximum atomic E-state index is 11.9. The van der Waals surface area contributed by atoms with Crippen molar-refractivity contribution in [3.63, 3.8) is 0 Å². The summed E-state index contributed by atoms with van der Waals surface area (Å²) in [4.78, 5) is 27.3. The van der Waals surface area contributed by atoms with E-state index < -0.39 is 11.8 Å². The second-order valence-corrected chi connectivity index (χ2v) is 4.41. The van der Waals surface area contributed by atoms with Crippen LogP contribution < -0.4 is 0 Å². The van der Waals surface area contributed by atoms with Crippen LogP contribution in [-0.2, 0) is 16.1 Å². The number of aryl methyl sites for hydroxylation is 1. The SMILES string of the molecule is CCOC(=O)C(=O)c1nccn1Cc1ccc(C)cc1. The predicted molar refractivity (Wildman–Crippen MR) is 73.5 cm³/mol. The number of hydrogen-bond acceptors (Lipinski definition) is 4. The molecule has 0 amide bonds. The second-order valence-electron chi connectivity index (χ2n) is 4.41. The minimum absolute atomic E-state index is 0.101. The summed E-state index contributed by atoms with van der Waals surface area (Å²) in [7, 11) is 0. The van der Waals surface area contributed by atoms with Gasteiger partial charge in [0.05, 0.1) is 6.61 Å². The van der Waals surface area contributed by atoms with Crippen LogP contribution in [0.3, 0.4) is 0 Å². The van der Waals surface area contributed by atoms with Gasteiger partial charge in [-0.1, -0.05) is 29.8 Å². The highest BCUT2D eigenvalue weighted by Gasteiger charge is 2.22. The number of rotatable bonds is 5. The first-order chi connectivity index (χ1) is 9.61. The van der Waals surface area contributed by atoms with Crippen molar-refractivity contribution in [3.8, 4) is 0 Å². The van der Waals surface area contributed by atoms with Gasteiger partial charge in [0.15, 0.2) is 5.82 Å². The molecule has 0 atom stereocenters. The first kappa shape index (κ1) is 14.0. The zero-order chi connectivity index (χ0) is 14.5. The summed E-state index contributed by atoms with van der Waals surface area (Å²) in [5.74, 6) is -1.49. The van der Waals surface area contributed by atoms with Crippen molar-refractivity contribution in [1.29, 1.82) is 0 Å². The van der Waals surface area contributed by atoms with Gasteiger partial charge in [-0.15, -0.1) is 0 Å². The number of esters is 1. The summed E-state index contributed by atoms with van der Waals surface area (Å²) in [6, 6.07) is 7.96. The van der Waals surface area contributed by atoms with E-state index in [-0.39, 0.29) is 12.4 Å². The monoisotopic (exact) mass is 272 g/mol. The van der Waals surface area contributed by atoms with Crippen LogP contribution in [0.5, 0.6) is 0 Å². The van der Waals surface area contributed by atoms with Crippen molar-refractivity contribution in [2.75, 3.05) is 6.61 Å². The Kier molecular flexibility index (Phi) is 4.30. The average Bonchev–Trinajstić information content (AvgIpc) is 2.89. The molecule has 0 fully saturated rings. The van der Waals surface area contributed by atoms with Crippen molar-refractivity contribution >= 4 is 11.8 Å². The van der Waals surface area contributed by atoms with Gasteiger partial charge in [0.25, 0.3) is 0 Å². The van der Waals surface area contributed by atoms with Crippen molar-refractivity contribution in [3.05, 3.63) is 53.6 Å². The molecule has 2 rings (SSSR count). The van der Waals surface area contributed by atoms with E-state index in [1.807, 2.05) is 31.2 Å². The molecular weight excluding hydrogens is 256 g/mol. The van der Waals surface area contributed by atoms with Crippen LogP contribution in [0, 0.1) is 6.92 Å². The summed E-state index contributed by atoms with van der Waals surface area (Å²) in [6.07, 6.45) is 3.17. The third-order valence-electron chi connectivity index (χ3n) is 2.85. The lowest BCUT2D eigenvalue weighted by Gasteiger charge is -2.07. The third-order valence-corrected chi connectivity index (χ3v) is 2.85. The molecule has 1 heterocycles. The zero-order valence-electron chi connectivity index (χ0n) is 11.5. The van der Waals surface area contributed by atoms with E-state index in [2.05, 4.69) is 4.98 Å². The lowest BCUT2D eigenvalue weighted by atomic mass is 10.1. The Bertz CT molecular complexity index is 614. The standard InChI is InChI=1S/C15H16N2O3/c1-3-20-15(19)13(18)14-16-8-9-17(14)10-12-6-4-11(2)5-7-12/h4-9H,3,10H2,1-2H3. The molecule has 0 N–H and O–H groups in total. The maximum absolute atomic E-state index is 11.9. The van der Waals surface area contributed by atoms with Gasteiger partial charge in [-0.3, -0.25) is 4.79 Å². The molecule has 5 nitrogen and oxygen atoms in total. The Morgan fingerprint density at radius 1 is 1.25 bits per heavy atom. The van der Waals surface area contributed by atoms with E-state index in [1.54, 1.807) is 17.7 Å². The topological polar surface area (TPSA) is 61.2 Å². The number of aromatic nitrogens is 2. The smallest absolute Gasteiger partial charge is 0.383 e. The molecule has 1 aromatic heterocycles. The molecule has 0 aliphatic heterocycles. The Balaban J connectivity index is 2.18. The van der Waals surface area contributed by atoms with Gasteiger partial charge in [0.2, 0.25) is 0 Å². The van der Waals surface area contributed by atoms with Gasteiger partial charge in [-0.05, 0) is 19.4 Å². The lowest BCUT2D eigenvalue weighted by molar-refractivity contribution is -0.137. The molecule has 0 unspecified atom stereocenters. The van der Waals surface area contributed by atoms with Crippen molar-refractivity contribution in [2.45, 2.75) is 20.4 Å². The maximum Gasteiger partial charge on any atom is 0.383 e. The van der Waals surface area contributed by atoms with Crippen molar-refractivity contribution in [1.82, 2.24) is 9.55 Å². The molecule has 20 heavy (non-hydrogen) atoms. The van der Waals surface area contributed by atoms with E-state index >= 15 is 0 Å². The average molecular weight is 272 g/mol. The number of imidazole rings is 1. The van der Waals surface area contributed by atoms with E-state index in [0.29, 0.717) is 6.54 Å². The minimum atomic E-state index is -0.871. The summed E-state index contributed by atoms with van der Waals surface area (Å²) in [5, 5.41) is 0. The summed E-state index contributed by atoms with van der Waals surface area (Å²) in [5.41, 5.74) is 2.20. The number of Topliss-reactive ketones (excluding diaryl/α,β-unsaturated/α-hetero) is 1. The Labute approximate surface area is 117 Å².